The number of hydrogen-bond acceptors (Lipinski definition) is 2. The van der Waals surface area contributed by atoms with E-state index in [1.165, 1.54) is 26.2 Å². The number of Topliss-reactive ketones (excluding diaryl/α,β-unsaturated/α-hetero) is 1. The van der Waals surface area contributed by atoms with Gasteiger partial charge in [0.2, 0.25) is 0 Å². The summed E-state index contributed by atoms with van der Waals surface area (Å²) in [6.45, 7) is 3.09. The molecule has 0 aliphatic heterocycles. The summed E-state index contributed by atoms with van der Waals surface area (Å²) in [5, 5.41) is 0. The van der Waals surface area contributed by atoms with Crippen LogP contribution in [0.2, 0.25) is 0 Å². The van der Waals surface area contributed by atoms with Crippen molar-refractivity contribution in [2.75, 3.05) is 7.11 Å². The Hall–Kier alpha value is -1.38. The molecule has 70 valence electrons. The second-order valence-corrected chi connectivity index (χ2v) is 2.86. The first-order valence-electron chi connectivity index (χ1n) is 3.91. The number of ether oxygens (including phenoxy) is 1. The Morgan fingerprint density at radius 2 is 2.08 bits per heavy atom. The van der Waals surface area contributed by atoms with Gasteiger partial charge < -0.3 is 4.74 Å². The highest BCUT2D eigenvalue weighted by Crippen LogP contribution is 2.24. The van der Waals surface area contributed by atoms with Crippen LogP contribution in [0.3, 0.4) is 0 Å². The van der Waals surface area contributed by atoms with Crippen LogP contribution in [0.4, 0.5) is 4.39 Å². The predicted octanol–water partition coefficient (Wildman–Crippen LogP) is 2.35. The standard InChI is InChI=1S/C10H11FO2/c1-6-4-8(11)5-9(7(2)12)10(6)13-3/h4-5H,1-3H3. The lowest BCUT2D eigenvalue weighted by molar-refractivity contribution is 0.101. The first kappa shape index (κ1) is 9.71. The van der Waals surface area contributed by atoms with E-state index in [1.54, 1.807) is 6.92 Å². The highest BCUT2D eigenvalue weighted by Gasteiger charge is 2.11. The van der Waals surface area contributed by atoms with Gasteiger partial charge in [0, 0.05) is 0 Å². The van der Waals surface area contributed by atoms with Crippen LogP contribution in [0.5, 0.6) is 5.75 Å². The summed E-state index contributed by atoms with van der Waals surface area (Å²) in [4.78, 5) is 11.1. The molecule has 0 unspecified atom stereocenters. The molecule has 0 saturated carbocycles. The summed E-state index contributed by atoms with van der Waals surface area (Å²) in [5.74, 6) is -0.156. The molecule has 1 aromatic rings. The summed E-state index contributed by atoms with van der Waals surface area (Å²) >= 11 is 0. The molecule has 0 aliphatic rings. The molecule has 0 aliphatic carbocycles. The van der Waals surface area contributed by atoms with Crippen LogP contribution in [-0.4, -0.2) is 12.9 Å². The number of ketones is 1. The van der Waals surface area contributed by atoms with Gasteiger partial charge in [-0.15, -0.1) is 0 Å². The van der Waals surface area contributed by atoms with E-state index < -0.39 is 5.82 Å². The molecule has 0 N–H and O–H groups in total. The first-order valence-corrected chi connectivity index (χ1v) is 3.91. The Kier molecular flexibility index (Phi) is 2.66. The van der Waals surface area contributed by atoms with Gasteiger partial charge in [0.1, 0.15) is 11.6 Å². The molecule has 0 heterocycles. The van der Waals surface area contributed by atoms with Gasteiger partial charge in [0.15, 0.2) is 5.78 Å². The third kappa shape index (κ3) is 1.86. The molecule has 0 saturated heterocycles. The SMILES string of the molecule is COc1c(C)cc(F)cc1C(C)=O. The molecule has 13 heavy (non-hydrogen) atoms. The second-order valence-electron chi connectivity index (χ2n) is 2.86. The molecule has 0 fully saturated rings. The van der Waals surface area contributed by atoms with Gasteiger partial charge in [0.25, 0.3) is 0 Å². The molecule has 0 aromatic heterocycles. The van der Waals surface area contributed by atoms with Crippen molar-refractivity contribution in [2.24, 2.45) is 0 Å². The van der Waals surface area contributed by atoms with Gasteiger partial charge in [-0.1, -0.05) is 0 Å². The lowest BCUT2D eigenvalue weighted by Gasteiger charge is -2.08. The van der Waals surface area contributed by atoms with Crippen molar-refractivity contribution >= 4 is 5.78 Å². The van der Waals surface area contributed by atoms with E-state index in [-0.39, 0.29) is 5.78 Å². The zero-order valence-corrected chi connectivity index (χ0v) is 7.85. The molecule has 0 radical (unpaired) electrons. The minimum Gasteiger partial charge on any atom is -0.496 e. The highest BCUT2D eigenvalue weighted by molar-refractivity contribution is 5.97. The molecule has 0 atom stereocenters. The molecular weight excluding hydrogens is 171 g/mol. The minimum atomic E-state index is -0.413. The quantitative estimate of drug-likeness (QED) is 0.656. The Balaban J connectivity index is 3.38. The fourth-order valence-electron chi connectivity index (χ4n) is 1.26. The molecule has 3 heteroatoms. The minimum absolute atomic E-state index is 0.195. The lowest BCUT2D eigenvalue weighted by atomic mass is 10.1. The number of carbonyl (C=O) groups excluding carboxylic acids is 1. The third-order valence-electron chi connectivity index (χ3n) is 1.82. The molecule has 1 rings (SSSR count). The van der Waals surface area contributed by atoms with Crippen molar-refractivity contribution in [1.29, 1.82) is 0 Å². The molecule has 2 nitrogen and oxygen atoms in total. The maximum Gasteiger partial charge on any atom is 0.163 e. The number of benzene rings is 1. The third-order valence-corrected chi connectivity index (χ3v) is 1.82. The number of halogens is 1. The number of carbonyl (C=O) groups is 1. The molecule has 0 spiro atoms. The predicted molar refractivity (Wildman–Crippen MR) is 47.7 cm³/mol. The zero-order chi connectivity index (χ0) is 10.0. The zero-order valence-electron chi connectivity index (χ0n) is 7.85. The van der Waals surface area contributed by atoms with E-state index in [2.05, 4.69) is 0 Å². The average molecular weight is 182 g/mol. The van der Waals surface area contributed by atoms with Crippen molar-refractivity contribution < 1.29 is 13.9 Å². The maximum absolute atomic E-state index is 12.9. The van der Waals surface area contributed by atoms with Crippen LogP contribution in [0.1, 0.15) is 22.8 Å². The van der Waals surface area contributed by atoms with Gasteiger partial charge in [-0.25, -0.2) is 4.39 Å². The van der Waals surface area contributed by atoms with Crippen LogP contribution in [0.25, 0.3) is 0 Å². The number of rotatable bonds is 2. The first-order chi connectivity index (χ1) is 6.06. The van der Waals surface area contributed by atoms with Crippen LogP contribution >= 0.6 is 0 Å². The normalized spacial score (nSPS) is 9.85. The van der Waals surface area contributed by atoms with Crippen molar-refractivity contribution in [1.82, 2.24) is 0 Å². The molecule has 1 aromatic carbocycles. The van der Waals surface area contributed by atoms with Crippen molar-refractivity contribution in [3.63, 3.8) is 0 Å². The second kappa shape index (κ2) is 3.56. The van der Waals surface area contributed by atoms with Crippen LogP contribution < -0.4 is 4.74 Å². The maximum atomic E-state index is 12.9. The van der Waals surface area contributed by atoms with E-state index in [4.69, 9.17) is 4.74 Å². The summed E-state index contributed by atoms with van der Waals surface area (Å²) in [6.07, 6.45) is 0. The van der Waals surface area contributed by atoms with Gasteiger partial charge in [-0.05, 0) is 31.5 Å². The van der Waals surface area contributed by atoms with Crippen molar-refractivity contribution in [3.05, 3.63) is 29.1 Å². The van der Waals surface area contributed by atoms with Gasteiger partial charge in [0.05, 0.1) is 12.7 Å². The van der Waals surface area contributed by atoms with E-state index >= 15 is 0 Å². The largest absolute Gasteiger partial charge is 0.496 e. The Morgan fingerprint density at radius 3 is 2.54 bits per heavy atom. The Bertz CT molecular complexity index is 345. The van der Waals surface area contributed by atoms with Crippen molar-refractivity contribution in [3.8, 4) is 5.75 Å². The summed E-state index contributed by atoms with van der Waals surface area (Å²) in [7, 11) is 1.46. The number of methoxy groups -OCH3 is 1. The van der Waals surface area contributed by atoms with Gasteiger partial charge >= 0.3 is 0 Å². The highest BCUT2D eigenvalue weighted by atomic mass is 19.1. The number of hydrogen-bond donors (Lipinski definition) is 0. The summed E-state index contributed by atoms with van der Waals surface area (Å²) < 4.78 is 17.9. The average Bonchev–Trinajstić information content (AvgIpc) is 2.02. The van der Waals surface area contributed by atoms with Crippen LogP contribution in [0.15, 0.2) is 12.1 Å². The monoisotopic (exact) mass is 182 g/mol. The molecule has 0 amide bonds. The fraction of sp³-hybridized carbons (Fsp3) is 0.300. The molecular formula is C10H11FO2. The van der Waals surface area contributed by atoms with Gasteiger partial charge in [-0.2, -0.15) is 0 Å². The molecule has 0 bridgehead atoms. The van der Waals surface area contributed by atoms with E-state index in [9.17, 15) is 9.18 Å². The fourth-order valence-corrected chi connectivity index (χ4v) is 1.26. The van der Waals surface area contributed by atoms with Crippen molar-refractivity contribution in [2.45, 2.75) is 13.8 Å². The van der Waals surface area contributed by atoms with E-state index in [0.29, 0.717) is 16.9 Å². The summed E-state index contributed by atoms with van der Waals surface area (Å²) in [6, 6.07) is 2.53. The Morgan fingerprint density at radius 1 is 1.46 bits per heavy atom. The summed E-state index contributed by atoms with van der Waals surface area (Å²) in [5.41, 5.74) is 0.924. The van der Waals surface area contributed by atoms with E-state index in [0.717, 1.165) is 0 Å². The lowest BCUT2D eigenvalue weighted by Crippen LogP contribution is -2.00. The van der Waals surface area contributed by atoms with E-state index in [1.807, 2.05) is 0 Å². The number of aryl methyl sites for hydroxylation is 1. The smallest absolute Gasteiger partial charge is 0.163 e. The van der Waals surface area contributed by atoms with Crippen LogP contribution in [0, 0.1) is 12.7 Å². The Labute approximate surface area is 76.3 Å². The van der Waals surface area contributed by atoms with Gasteiger partial charge in [-0.3, -0.25) is 4.79 Å². The van der Waals surface area contributed by atoms with Crippen LogP contribution in [-0.2, 0) is 0 Å². The topological polar surface area (TPSA) is 26.3 Å².